The molecule has 0 atom stereocenters. The Bertz CT molecular complexity index is 795. The van der Waals surface area contributed by atoms with Crippen LogP contribution in [-0.4, -0.2) is 17.8 Å². The summed E-state index contributed by atoms with van der Waals surface area (Å²) in [7, 11) is 0. The van der Waals surface area contributed by atoms with Crippen molar-refractivity contribution in [1.82, 2.24) is 10.2 Å². The number of benzene rings is 2. The first-order valence-electron chi connectivity index (χ1n) is 7.97. The Morgan fingerprint density at radius 2 is 1.84 bits per heavy atom. The first kappa shape index (κ1) is 17.2. The minimum absolute atomic E-state index is 0.0724. The van der Waals surface area contributed by atoms with Crippen LogP contribution in [0, 0.1) is 22.9 Å². The molecule has 2 aromatic rings. The van der Waals surface area contributed by atoms with Crippen LogP contribution >= 0.6 is 0 Å². The van der Waals surface area contributed by atoms with Crippen molar-refractivity contribution in [3.05, 3.63) is 76.2 Å². The molecule has 3 rings (SSSR count). The Hall–Kier alpha value is -2.60. The molecular formula is C19H18F3N3. The van der Waals surface area contributed by atoms with Gasteiger partial charge in [-0.15, -0.1) is 0 Å². The van der Waals surface area contributed by atoms with E-state index in [2.05, 4.69) is 17.4 Å². The molecular weight excluding hydrogens is 327 g/mol. The molecule has 0 saturated carbocycles. The van der Waals surface area contributed by atoms with Crippen LogP contribution in [0.3, 0.4) is 0 Å². The van der Waals surface area contributed by atoms with Gasteiger partial charge in [0.15, 0.2) is 17.5 Å². The van der Waals surface area contributed by atoms with Crippen LogP contribution in [0.1, 0.15) is 22.3 Å². The van der Waals surface area contributed by atoms with E-state index in [1.54, 1.807) is 6.20 Å². The van der Waals surface area contributed by atoms with E-state index in [1.807, 2.05) is 12.1 Å². The Balaban J connectivity index is 1.73. The van der Waals surface area contributed by atoms with Crippen LogP contribution in [-0.2, 0) is 19.5 Å². The number of hydrogen-bond acceptors (Lipinski definition) is 2. The number of hydrogen-bond donors (Lipinski definition) is 2. The number of halogens is 3. The number of nitrogens with zero attached hydrogens (tertiary/aromatic N) is 1. The molecule has 130 valence electrons. The molecule has 0 aromatic heterocycles. The maximum absolute atomic E-state index is 13.3. The predicted molar refractivity (Wildman–Crippen MR) is 91.5 cm³/mol. The topological polar surface area (TPSA) is 39.1 Å². The van der Waals surface area contributed by atoms with Crippen molar-refractivity contribution in [3.8, 4) is 0 Å². The third kappa shape index (κ3) is 4.09. The predicted octanol–water partition coefficient (Wildman–Crippen LogP) is 3.83. The van der Waals surface area contributed by atoms with Gasteiger partial charge in [0.1, 0.15) is 0 Å². The molecule has 0 amide bonds. The maximum atomic E-state index is 13.3. The average Bonchev–Trinajstić information content (AvgIpc) is 2.62. The Morgan fingerprint density at radius 1 is 1.08 bits per heavy atom. The molecule has 0 fully saturated rings. The van der Waals surface area contributed by atoms with Gasteiger partial charge in [-0.1, -0.05) is 18.2 Å². The zero-order valence-electron chi connectivity index (χ0n) is 13.5. The highest BCUT2D eigenvalue weighted by atomic mass is 19.2. The van der Waals surface area contributed by atoms with E-state index in [1.165, 1.54) is 16.0 Å². The van der Waals surface area contributed by atoms with Crippen molar-refractivity contribution < 1.29 is 13.2 Å². The average molecular weight is 345 g/mol. The Kier molecular flexibility index (Phi) is 5.19. The van der Waals surface area contributed by atoms with Gasteiger partial charge in [0.25, 0.3) is 0 Å². The monoisotopic (exact) mass is 345 g/mol. The van der Waals surface area contributed by atoms with Crippen LogP contribution in [0.5, 0.6) is 0 Å². The highest BCUT2D eigenvalue weighted by molar-refractivity contribution is 5.58. The molecule has 1 heterocycles. The second-order valence-electron chi connectivity index (χ2n) is 5.95. The lowest BCUT2D eigenvalue weighted by molar-refractivity contribution is 0.442. The molecule has 0 unspecified atom stereocenters. The second kappa shape index (κ2) is 7.53. The Morgan fingerprint density at radius 3 is 2.56 bits per heavy atom. The van der Waals surface area contributed by atoms with E-state index < -0.39 is 17.5 Å². The minimum Gasteiger partial charge on any atom is -0.335 e. The van der Waals surface area contributed by atoms with Gasteiger partial charge in [0.2, 0.25) is 0 Å². The van der Waals surface area contributed by atoms with Crippen molar-refractivity contribution >= 4 is 12.4 Å². The van der Waals surface area contributed by atoms with Gasteiger partial charge in [0, 0.05) is 19.3 Å². The molecule has 25 heavy (non-hydrogen) atoms. The molecule has 0 bridgehead atoms. The zero-order chi connectivity index (χ0) is 17.8. The fraction of sp³-hybridized carbons (Fsp3) is 0.211. The third-order valence-corrected chi connectivity index (χ3v) is 4.15. The fourth-order valence-corrected chi connectivity index (χ4v) is 2.83. The number of rotatable bonds is 5. The van der Waals surface area contributed by atoms with Crippen molar-refractivity contribution in [3.63, 3.8) is 0 Å². The molecule has 0 aliphatic carbocycles. The van der Waals surface area contributed by atoms with Gasteiger partial charge in [0.05, 0.1) is 6.34 Å². The van der Waals surface area contributed by atoms with Crippen molar-refractivity contribution in [1.29, 1.82) is 5.41 Å². The van der Waals surface area contributed by atoms with E-state index in [9.17, 15) is 13.2 Å². The molecule has 0 saturated heterocycles. The summed E-state index contributed by atoms with van der Waals surface area (Å²) in [6.07, 6.45) is 5.52. The van der Waals surface area contributed by atoms with Gasteiger partial charge >= 0.3 is 0 Å². The highest BCUT2D eigenvalue weighted by Gasteiger charge is 2.11. The fourth-order valence-electron chi connectivity index (χ4n) is 2.83. The zero-order valence-corrected chi connectivity index (χ0v) is 13.5. The molecule has 1 aliphatic heterocycles. The molecule has 0 spiro atoms. The first-order chi connectivity index (χ1) is 12.1. The highest BCUT2D eigenvalue weighted by Crippen LogP contribution is 2.18. The van der Waals surface area contributed by atoms with Gasteiger partial charge < -0.3 is 10.2 Å². The SMILES string of the molecule is N=CN(/C=C/c1ccc2c(c1)CCNC2)Cc1cc(F)c(F)c(F)c1. The lowest BCUT2D eigenvalue weighted by atomic mass is 9.98. The van der Waals surface area contributed by atoms with Crippen LogP contribution in [0.25, 0.3) is 6.08 Å². The van der Waals surface area contributed by atoms with E-state index >= 15 is 0 Å². The van der Waals surface area contributed by atoms with Crippen molar-refractivity contribution in [2.45, 2.75) is 19.5 Å². The normalized spacial score (nSPS) is 13.7. The molecule has 1 aliphatic rings. The van der Waals surface area contributed by atoms with Crippen LogP contribution in [0.15, 0.2) is 36.5 Å². The van der Waals surface area contributed by atoms with Crippen molar-refractivity contribution in [2.75, 3.05) is 6.54 Å². The smallest absolute Gasteiger partial charge is 0.194 e. The summed E-state index contributed by atoms with van der Waals surface area (Å²) in [5, 5.41) is 10.8. The Labute approximate surface area is 144 Å². The minimum atomic E-state index is -1.48. The summed E-state index contributed by atoms with van der Waals surface area (Å²) in [5.41, 5.74) is 3.82. The largest absolute Gasteiger partial charge is 0.335 e. The van der Waals surface area contributed by atoms with Gasteiger partial charge in [-0.25, -0.2) is 13.2 Å². The van der Waals surface area contributed by atoms with E-state index in [0.29, 0.717) is 0 Å². The van der Waals surface area contributed by atoms with Crippen LogP contribution in [0.2, 0.25) is 0 Å². The second-order valence-corrected chi connectivity index (χ2v) is 5.95. The number of nitrogens with one attached hydrogen (secondary N) is 2. The van der Waals surface area contributed by atoms with Crippen LogP contribution in [0.4, 0.5) is 13.2 Å². The summed E-state index contributed by atoms with van der Waals surface area (Å²) in [4.78, 5) is 1.47. The standard InChI is InChI=1S/C19H18F3N3/c20-17-8-14(9-18(21)19(17)22)11-25(12-23)6-4-13-1-2-16-10-24-5-3-15(16)7-13/h1-2,4,6-9,12,23-24H,3,5,10-11H2/b6-4+,23-12?. The first-order valence-corrected chi connectivity index (χ1v) is 7.97. The summed E-state index contributed by atoms with van der Waals surface area (Å²) >= 11 is 0. The summed E-state index contributed by atoms with van der Waals surface area (Å²) in [6, 6.07) is 8.04. The lowest BCUT2D eigenvalue weighted by Gasteiger charge is -2.17. The molecule has 2 aromatic carbocycles. The van der Waals surface area contributed by atoms with Crippen molar-refractivity contribution in [2.24, 2.45) is 0 Å². The lowest BCUT2D eigenvalue weighted by Crippen LogP contribution is -2.23. The van der Waals surface area contributed by atoms with E-state index in [0.717, 1.165) is 43.5 Å². The molecule has 3 nitrogen and oxygen atoms in total. The summed E-state index contributed by atoms with van der Waals surface area (Å²) in [6.45, 7) is 1.89. The van der Waals surface area contributed by atoms with Crippen LogP contribution < -0.4 is 5.32 Å². The third-order valence-electron chi connectivity index (χ3n) is 4.15. The van der Waals surface area contributed by atoms with Gasteiger partial charge in [-0.3, -0.25) is 5.41 Å². The van der Waals surface area contributed by atoms with Gasteiger partial charge in [-0.2, -0.15) is 0 Å². The molecule has 0 radical (unpaired) electrons. The van der Waals surface area contributed by atoms with Gasteiger partial charge in [-0.05, 0) is 53.4 Å². The maximum Gasteiger partial charge on any atom is 0.194 e. The summed E-state index contributed by atoms with van der Waals surface area (Å²) in [5.74, 6) is -3.94. The quantitative estimate of drug-likeness (QED) is 0.491. The van der Waals surface area contributed by atoms with E-state index in [-0.39, 0.29) is 12.1 Å². The molecule has 6 heteroatoms. The number of fused-ring (bicyclic) bond motifs is 1. The van der Waals surface area contributed by atoms with E-state index in [4.69, 9.17) is 5.41 Å². The summed E-state index contributed by atoms with van der Waals surface area (Å²) < 4.78 is 39.6. The molecule has 2 N–H and O–H groups in total.